The van der Waals surface area contributed by atoms with Crippen LogP contribution in [0.1, 0.15) is 41.5 Å². The van der Waals surface area contributed by atoms with Gasteiger partial charge in [-0.1, -0.05) is 60.7 Å². The Balaban J connectivity index is 0.000000294. The topological polar surface area (TPSA) is 61.8 Å². The molecule has 0 aliphatic heterocycles. The maximum Gasteiger partial charge on any atom is 0.332 e. The van der Waals surface area contributed by atoms with Gasteiger partial charge in [0.2, 0.25) is 11.6 Å². The maximum atomic E-state index is 11.8. The fraction of sp³-hybridized carbons (Fsp3) is 0.300. The van der Waals surface area contributed by atoms with Crippen LogP contribution in [-0.4, -0.2) is 31.4 Å². The third-order valence-electron chi connectivity index (χ3n) is 2.98. The van der Waals surface area contributed by atoms with Crippen molar-refractivity contribution < 1.29 is 23.2 Å². The van der Waals surface area contributed by atoms with Crippen molar-refractivity contribution in [2.75, 3.05) is 19.8 Å². The Bertz CT molecular complexity index is 582. The van der Waals surface area contributed by atoms with Gasteiger partial charge in [-0.15, -0.1) is 0 Å². The Morgan fingerprint density at radius 1 is 0.654 bits per heavy atom. The molecular formula is C20H25O5P. The van der Waals surface area contributed by atoms with Crippen molar-refractivity contribution in [2.24, 2.45) is 0 Å². The smallest absolute Gasteiger partial charge is 0.313 e. The summed E-state index contributed by atoms with van der Waals surface area (Å²) in [7, 11) is -1.06. The summed E-state index contributed by atoms with van der Waals surface area (Å²) in [6, 6.07) is 17.2. The molecule has 0 saturated carbocycles. The predicted molar refractivity (Wildman–Crippen MR) is 103 cm³/mol. The molecule has 0 aliphatic rings. The highest BCUT2D eigenvalue weighted by Crippen LogP contribution is 2.38. The van der Waals surface area contributed by atoms with Gasteiger partial charge in [0.05, 0.1) is 19.8 Å². The lowest BCUT2D eigenvalue weighted by molar-refractivity contribution is 0.0817. The monoisotopic (exact) mass is 376 g/mol. The molecule has 0 saturated heterocycles. The summed E-state index contributed by atoms with van der Waals surface area (Å²) in [4.78, 5) is 23.6. The quantitative estimate of drug-likeness (QED) is 0.347. The second kappa shape index (κ2) is 13.3. The molecule has 2 rings (SSSR count). The zero-order valence-corrected chi connectivity index (χ0v) is 16.3. The molecule has 0 atom stereocenters. The van der Waals surface area contributed by atoms with E-state index in [9.17, 15) is 9.59 Å². The number of Topliss-reactive ketones (excluding diaryl/α,β-unsaturated/α-hetero) is 2. The van der Waals surface area contributed by atoms with Crippen molar-refractivity contribution >= 4 is 20.2 Å². The average molecular weight is 376 g/mol. The summed E-state index contributed by atoms with van der Waals surface area (Å²) in [5.41, 5.74) is 0.854. The van der Waals surface area contributed by atoms with Crippen LogP contribution in [0.3, 0.4) is 0 Å². The van der Waals surface area contributed by atoms with Crippen LogP contribution in [0.15, 0.2) is 60.7 Å². The van der Waals surface area contributed by atoms with Crippen molar-refractivity contribution in [3.63, 3.8) is 0 Å². The van der Waals surface area contributed by atoms with Crippen molar-refractivity contribution in [1.82, 2.24) is 0 Å². The molecule has 0 amide bonds. The summed E-state index contributed by atoms with van der Waals surface area (Å²) < 4.78 is 15.4. The number of carbonyl (C=O) groups excluding carboxylic acids is 2. The summed E-state index contributed by atoms with van der Waals surface area (Å²) in [6.45, 7) is 7.71. The number of hydrogen-bond acceptors (Lipinski definition) is 5. The van der Waals surface area contributed by atoms with Crippen LogP contribution >= 0.6 is 8.60 Å². The number of benzene rings is 2. The van der Waals surface area contributed by atoms with Crippen molar-refractivity contribution in [2.45, 2.75) is 20.8 Å². The van der Waals surface area contributed by atoms with Crippen LogP contribution in [0.5, 0.6) is 0 Å². The molecule has 0 aliphatic carbocycles. The van der Waals surface area contributed by atoms with E-state index in [0.29, 0.717) is 30.9 Å². The SMILES string of the molecule is CCOP(OCC)OCC.O=C(C(=O)c1ccccc1)c1ccccc1. The molecule has 0 N–H and O–H groups in total. The summed E-state index contributed by atoms with van der Waals surface area (Å²) in [6.07, 6.45) is 0. The first kappa shape index (κ1) is 22.1. The minimum atomic E-state index is -1.06. The molecule has 0 spiro atoms. The van der Waals surface area contributed by atoms with Gasteiger partial charge in [0.25, 0.3) is 0 Å². The maximum absolute atomic E-state index is 11.8. The van der Waals surface area contributed by atoms with E-state index in [-0.39, 0.29) is 0 Å². The van der Waals surface area contributed by atoms with E-state index in [2.05, 4.69) is 0 Å². The first-order chi connectivity index (χ1) is 12.6. The van der Waals surface area contributed by atoms with E-state index in [1.54, 1.807) is 48.5 Å². The minimum absolute atomic E-state index is 0.427. The van der Waals surface area contributed by atoms with E-state index >= 15 is 0 Å². The van der Waals surface area contributed by atoms with Gasteiger partial charge >= 0.3 is 8.60 Å². The molecule has 140 valence electrons. The highest BCUT2D eigenvalue weighted by molar-refractivity contribution is 7.41. The molecule has 0 heterocycles. The van der Waals surface area contributed by atoms with Crippen LogP contribution in [0, 0.1) is 0 Å². The highest BCUT2D eigenvalue weighted by atomic mass is 31.2. The zero-order chi connectivity index (χ0) is 19.2. The normalized spacial score (nSPS) is 10.2. The molecule has 26 heavy (non-hydrogen) atoms. The fourth-order valence-electron chi connectivity index (χ4n) is 1.87. The lowest BCUT2D eigenvalue weighted by atomic mass is 10.0. The van der Waals surface area contributed by atoms with E-state index in [1.165, 1.54) is 0 Å². The molecule has 2 aromatic carbocycles. The van der Waals surface area contributed by atoms with Crippen molar-refractivity contribution in [3.05, 3.63) is 71.8 Å². The van der Waals surface area contributed by atoms with Gasteiger partial charge in [-0.3, -0.25) is 9.59 Å². The summed E-state index contributed by atoms with van der Waals surface area (Å²) >= 11 is 0. The predicted octanol–water partition coefficient (Wildman–Crippen LogP) is 5.08. The van der Waals surface area contributed by atoms with Gasteiger partial charge in [0.1, 0.15) is 0 Å². The van der Waals surface area contributed by atoms with E-state index in [0.717, 1.165) is 0 Å². The first-order valence-electron chi connectivity index (χ1n) is 8.51. The molecule has 5 nitrogen and oxygen atoms in total. The molecular weight excluding hydrogens is 351 g/mol. The Morgan fingerprint density at radius 3 is 1.23 bits per heavy atom. The van der Waals surface area contributed by atoms with Crippen molar-refractivity contribution in [3.8, 4) is 0 Å². The molecule has 0 aromatic heterocycles. The number of rotatable bonds is 9. The van der Waals surface area contributed by atoms with E-state index in [4.69, 9.17) is 13.6 Å². The second-order valence-corrected chi connectivity index (χ2v) is 6.09. The average Bonchev–Trinajstić information content (AvgIpc) is 2.69. The summed E-state index contributed by atoms with van der Waals surface area (Å²) in [5, 5.41) is 0. The van der Waals surface area contributed by atoms with Gasteiger partial charge in [-0.2, -0.15) is 0 Å². The number of carbonyl (C=O) groups is 2. The largest absolute Gasteiger partial charge is 0.332 e. The molecule has 0 fully saturated rings. The Morgan fingerprint density at radius 2 is 0.962 bits per heavy atom. The molecule has 6 heteroatoms. The fourth-order valence-corrected chi connectivity index (χ4v) is 2.73. The lowest BCUT2D eigenvalue weighted by Gasteiger charge is -2.12. The first-order valence-corrected chi connectivity index (χ1v) is 9.61. The Hall–Kier alpha value is -1.91. The number of ketones is 2. The van der Waals surface area contributed by atoms with Crippen LogP contribution in [0.2, 0.25) is 0 Å². The van der Waals surface area contributed by atoms with E-state index in [1.807, 2.05) is 32.9 Å². The van der Waals surface area contributed by atoms with Gasteiger partial charge in [0.15, 0.2) is 0 Å². The molecule has 2 aromatic rings. The molecule has 0 radical (unpaired) electrons. The molecule has 0 bridgehead atoms. The third-order valence-corrected chi connectivity index (χ3v) is 4.39. The van der Waals surface area contributed by atoms with Gasteiger partial charge in [0, 0.05) is 11.1 Å². The lowest BCUT2D eigenvalue weighted by Crippen LogP contribution is -2.14. The van der Waals surface area contributed by atoms with Gasteiger partial charge in [-0.25, -0.2) is 0 Å². The standard InChI is InChI=1S/C14H10O2.C6H15O3P/c15-13(11-7-3-1-4-8-11)14(16)12-9-5-2-6-10-12;1-4-7-10(8-5-2)9-6-3/h1-10H;4-6H2,1-3H3. The second-order valence-electron chi connectivity index (χ2n) is 4.87. The van der Waals surface area contributed by atoms with Crippen LogP contribution in [0.4, 0.5) is 0 Å². The minimum Gasteiger partial charge on any atom is -0.313 e. The third kappa shape index (κ3) is 7.98. The van der Waals surface area contributed by atoms with Gasteiger partial charge in [-0.05, 0) is 20.8 Å². The molecule has 0 unspecified atom stereocenters. The van der Waals surface area contributed by atoms with Crippen LogP contribution < -0.4 is 0 Å². The summed E-state index contributed by atoms with van der Waals surface area (Å²) in [5.74, 6) is -0.932. The van der Waals surface area contributed by atoms with Gasteiger partial charge < -0.3 is 13.6 Å². The number of hydrogen-bond donors (Lipinski definition) is 0. The zero-order valence-electron chi connectivity index (χ0n) is 15.4. The van der Waals surface area contributed by atoms with Crippen LogP contribution in [0.25, 0.3) is 0 Å². The Labute approximate surface area is 156 Å². The van der Waals surface area contributed by atoms with Crippen molar-refractivity contribution in [1.29, 1.82) is 0 Å². The highest BCUT2D eigenvalue weighted by Gasteiger charge is 2.17. The van der Waals surface area contributed by atoms with E-state index < -0.39 is 20.2 Å². The van der Waals surface area contributed by atoms with Crippen LogP contribution in [-0.2, 0) is 13.6 Å². The Kier molecular flexibility index (Phi) is 11.3.